The summed E-state index contributed by atoms with van der Waals surface area (Å²) in [6.07, 6.45) is 0. The number of nitro benzene ring substituents is 1. The third kappa shape index (κ3) is 4.17. The number of halogens is 1. The lowest BCUT2D eigenvalue weighted by Crippen LogP contribution is -2.17. The zero-order chi connectivity index (χ0) is 15.4. The molecule has 0 aliphatic carbocycles. The third-order valence-electron chi connectivity index (χ3n) is 3.06. The molecular formula is C14H16ClN3O2S. The molecule has 0 aliphatic rings. The van der Waals surface area contributed by atoms with E-state index in [1.165, 1.54) is 10.9 Å². The fourth-order valence-electron chi connectivity index (χ4n) is 2.12. The van der Waals surface area contributed by atoms with Crippen LogP contribution in [0.15, 0.2) is 30.3 Å². The van der Waals surface area contributed by atoms with Gasteiger partial charge in [-0.1, -0.05) is 11.6 Å². The van der Waals surface area contributed by atoms with E-state index >= 15 is 0 Å². The van der Waals surface area contributed by atoms with Gasteiger partial charge in [-0.25, -0.2) is 0 Å². The number of nitro groups is 1. The predicted molar refractivity (Wildman–Crippen MR) is 87.1 cm³/mol. The molecule has 0 fully saturated rings. The molecule has 0 bridgehead atoms. The summed E-state index contributed by atoms with van der Waals surface area (Å²) in [7, 11) is 3.79. The molecule has 0 radical (unpaired) electrons. The molecule has 1 aromatic heterocycles. The van der Waals surface area contributed by atoms with Crippen LogP contribution in [-0.2, 0) is 13.1 Å². The van der Waals surface area contributed by atoms with Crippen LogP contribution >= 0.6 is 22.9 Å². The van der Waals surface area contributed by atoms with Gasteiger partial charge in [-0.3, -0.25) is 15.0 Å². The molecular weight excluding hydrogens is 310 g/mol. The molecule has 21 heavy (non-hydrogen) atoms. The van der Waals surface area contributed by atoms with Gasteiger partial charge >= 0.3 is 0 Å². The number of rotatable bonds is 6. The van der Waals surface area contributed by atoms with E-state index in [9.17, 15) is 10.1 Å². The van der Waals surface area contributed by atoms with E-state index in [1.807, 2.05) is 26.2 Å². The van der Waals surface area contributed by atoms with Gasteiger partial charge in [0.1, 0.15) is 0 Å². The highest BCUT2D eigenvalue weighted by molar-refractivity contribution is 7.16. The second-order valence-corrected chi connectivity index (χ2v) is 6.53. The largest absolute Gasteiger partial charge is 0.388 e. The maximum absolute atomic E-state index is 10.9. The highest BCUT2D eigenvalue weighted by atomic mass is 35.5. The van der Waals surface area contributed by atoms with Crippen molar-refractivity contribution in [2.75, 3.05) is 19.4 Å². The summed E-state index contributed by atoms with van der Waals surface area (Å²) in [5.74, 6) is 0. The molecule has 0 atom stereocenters. The number of nitrogens with one attached hydrogen (secondary N) is 1. The molecule has 1 N–H and O–H groups in total. The van der Waals surface area contributed by atoms with Gasteiger partial charge in [0.15, 0.2) is 0 Å². The van der Waals surface area contributed by atoms with Gasteiger partial charge in [0, 0.05) is 42.8 Å². The van der Waals surface area contributed by atoms with E-state index in [4.69, 9.17) is 11.6 Å². The molecule has 0 amide bonds. The van der Waals surface area contributed by atoms with Crippen molar-refractivity contribution in [3.63, 3.8) is 0 Å². The van der Waals surface area contributed by atoms with Crippen LogP contribution in [0.3, 0.4) is 0 Å². The quantitative estimate of drug-likeness (QED) is 0.644. The second kappa shape index (κ2) is 6.89. The maximum atomic E-state index is 10.9. The van der Waals surface area contributed by atoms with Crippen molar-refractivity contribution in [2.45, 2.75) is 13.1 Å². The topological polar surface area (TPSA) is 58.4 Å². The van der Waals surface area contributed by atoms with Crippen molar-refractivity contribution >= 4 is 34.3 Å². The monoisotopic (exact) mass is 325 g/mol. The number of thiophene rings is 1. The van der Waals surface area contributed by atoms with Gasteiger partial charge in [-0.05, 0) is 30.8 Å². The first-order valence-electron chi connectivity index (χ1n) is 6.37. The molecule has 0 aliphatic heterocycles. The van der Waals surface area contributed by atoms with Crippen LogP contribution in [0.1, 0.15) is 10.4 Å². The third-order valence-corrected chi connectivity index (χ3v) is 4.28. The van der Waals surface area contributed by atoms with Crippen molar-refractivity contribution in [3.05, 3.63) is 55.2 Å². The smallest absolute Gasteiger partial charge is 0.269 e. The standard InChI is InChI=1S/C14H16ClN3O2S/c1-16-13-5-3-11(18(19)20)7-10(13)8-17(2)9-12-4-6-14(15)21-12/h3-7,16H,8-9H2,1-2H3. The molecule has 5 nitrogen and oxygen atoms in total. The van der Waals surface area contributed by atoms with Crippen LogP contribution in [0.2, 0.25) is 4.34 Å². The Bertz CT molecular complexity index is 645. The van der Waals surface area contributed by atoms with Gasteiger partial charge in [-0.2, -0.15) is 0 Å². The molecule has 1 heterocycles. The fourth-order valence-corrected chi connectivity index (χ4v) is 3.29. The Morgan fingerprint density at radius 2 is 2.10 bits per heavy atom. The van der Waals surface area contributed by atoms with Gasteiger partial charge in [0.2, 0.25) is 0 Å². The van der Waals surface area contributed by atoms with Crippen LogP contribution in [0, 0.1) is 10.1 Å². The van der Waals surface area contributed by atoms with E-state index in [2.05, 4.69) is 10.2 Å². The lowest BCUT2D eigenvalue weighted by atomic mass is 10.1. The summed E-state index contributed by atoms with van der Waals surface area (Å²) in [6, 6.07) is 8.74. The maximum Gasteiger partial charge on any atom is 0.269 e. The zero-order valence-electron chi connectivity index (χ0n) is 11.8. The predicted octanol–water partition coefficient (Wildman–Crippen LogP) is 3.98. The van der Waals surface area contributed by atoms with Crippen LogP contribution in [0.5, 0.6) is 0 Å². The molecule has 2 rings (SSSR count). The summed E-state index contributed by atoms with van der Waals surface area (Å²) < 4.78 is 0.768. The Kier molecular flexibility index (Phi) is 5.17. The Morgan fingerprint density at radius 1 is 1.33 bits per heavy atom. The SMILES string of the molecule is CNc1ccc([N+](=O)[O-])cc1CN(C)Cc1ccc(Cl)s1. The molecule has 0 saturated carbocycles. The summed E-state index contributed by atoms with van der Waals surface area (Å²) in [6.45, 7) is 1.37. The van der Waals surface area contributed by atoms with E-state index in [1.54, 1.807) is 23.5 Å². The number of non-ortho nitro benzene ring substituents is 1. The Balaban J connectivity index is 2.13. The van der Waals surface area contributed by atoms with E-state index < -0.39 is 0 Å². The average Bonchev–Trinajstić information content (AvgIpc) is 2.83. The minimum atomic E-state index is -0.373. The van der Waals surface area contributed by atoms with Crippen molar-refractivity contribution in [1.82, 2.24) is 4.90 Å². The van der Waals surface area contributed by atoms with Gasteiger partial charge < -0.3 is 5.32 Å². The Hall–Kier alpha value is -1.63. The molecule has 2 aromatic rings. The van der Waals surface area contributed by atoms with Crippen molar-refractivity contribution in [3.8, 4) is 0 Å². The number of nitrogens with zero attached hydrogens (tertiary/aromatic N) is 2. The zero-order valence-corrected chi connectivity index (χ0v) is 13.4. The van der Waals surface area contributed by atoms with Crippen LogP contribution < -0.4 is 5.32 Å². The minimum absolute atomic E-state index is 0.108. The van der Waals surface area contributed by atoms with E-state index in [0.717, 1.165) is 22.1 Å². The Labute approximate surface area is 132 Å². The van der Waals surface area contributed by atoms with Gasteiger partial charge in [-0.15, -0.1) is 11.3 Å². The number of anilines is 1. The first-order valence-corrected chi connectivity index (χ1v) is 7.57. The van der Waals surface area contributed by atoms with Crippen LogP contribution in [0.25, 0.3) is 0 Å². The Morgan fingerprint density at radius 3 is 2.67 bits per heavy atom. The summed E-state index contributed by atoms with van der Waals surface area (Å²) >= 11 is 7.47. The van der Waals surface area contributed by atoms with Gasteiger partial charge in [0.05, 0.1) is 9.26 Å². The molecule has 1 aromatic carbocycles. The molecule has 0 unspecified atom stereocenters. The normalized spacial score (nSPS) is 10.9. The first kappa shape index (κ1) is 15.8. The summed E-state index contributed by atoms with van der Waals surface area (Å²) in [4.78, 5) is 13.8. The molecule has 112 valence electrons. The lowest BCUT2D eigenvalue weighted by Gasteiger charge is -2.18. The average molecular weight is 326 g/mol. The highest BCUT2D eigenvalue weighted by Gasteiger charge is 2.12. The fraction of sp³-hybridized carbons (Fsp3) is 0.286. The summed E-state index contributed by atoms with van der Waals surface area (Å²) in [5.41, 5.74) is 1.91. The van der Waals surface area contributed by atoms with Crippen molar-refractivity contribution in [1.29, 1.82) is 0 Å². The van der Waals surface area contributed by atoms with Crippen LogP contribution in [0.4, 0.5) is 11.4 Å². The number of hydrogen-bond donors (Lipinski definition) is 1. The number of benzene rings is 1. The van der Waals surface area contributed by atoms with Gasteiger partial charge in [0.25, 0.3) is 5.69 Å². The molecule has 0 spiro atoms. The van der Waals surface area contributed by atoms with Crippen molar-refractivity contribution in [2.24, 2.45) is 0 Å². The lowest BCUT2D eigenvalue weighted by molar-refractivity contribution is -0.384. The van der Waals surface area contributed by atoms with E-state index in [0.29, 0.717) is 6.54 Å². The molecule has 7 heteroatoms. The molecule has 0 saturated heterocycles. The van der Waals surface area contributed by atoms with E-state index in [-0.39, 0.29) is 10.6 Å². The minimum Gasteiger partial charge on any atom is -0.388 e. The van der Waals surface area contributed by atoms with Crippen LogP contribution in [-0.4, -0.2) is 23.9 Å². The summed E-state index contributed by atoms with van der Waals surface area (Å²) in [5, 5.41) is 14.0. The first-order chi connectivity index (χ1) is 9.99. The number of hydrogen-bond acceptors (Lipinski definition) is 5. The highest BCUT2D eigenvalue weighted by Crippen LogP contribution is 2.25. The second-order valence-electron chi connectivity index (χ2n) is 4.73. The van der Waals surface area contributed by atoms with Crippen molar-refractivity contribution < 1.29 is 4.92 Å².